The van der Waals surface area contributed by atoms with E-state index in [2.05, 4.69) is 5.32 Å². The number of nitrogens with zero attached hydrogens (tertiary/aromatic N) is 1. The maximum atomic E-state index is 13.8. The predicted molar refractivity (Wildman–Crippen MR) is 63.3 cm³/mol. The number of anilines is 1. The molecule has 0 saturated carbocycles. The Morgan fingerprint density at radius 2 is 2.18 bits per heavy atom. The van der Waals surface area contributed by atoms with Gasteiger partial charge in [-0.25, -0.2) is 4.39 Å². The molecule has 2 aliphatic heterocycles. The summed E-state index contributed by atoms with van der Waals surface area (Å²) in [5, 5.41) is 3.28. The van der Waals surface area contributed by atoms with Crippen molar-refractivity contribution in [3.8, 4) is 0 Å². The molecule has 17 heavy (non-hydrogen) atoms. The molecule has 4 heteroatoms. The van der Waals surface area contributed by atoms with Gasteiger partial charge >= 0.3 is 0 Å². The number of fused-ring (bicyclic) bond motifs is 1. The van der Waals surface area contributed by atoms with Crippen LogP contribution in [0, 0.1) is 11.7 Å². The smallest absolute Gasteiger partial charge is 0.227 e. The minimum atomic E-state index is -0.313. The second kappa shape index (κ2) is 4.11. The lowest BCUT2D eigenvalue weighted by molar-refractivity contribution is -0.117. The number of benzene rings is 1. The number of nitrogens with one attached hydrogen (secondary N) is 1. The van der Waals surface area contributed by atoms with Crippen molar-refractivity contribution >= 4 is 11.6 Å². The molecule has 2 saturated heterocycles. The fraction of sp³-hybridized carbons (Fsp3) is 0.462. The number of rotatable bonds is 1. The molecule has 0 aliphatic carbocycles. The van der Waals surface area contributed by atoms with E-state index in [1.54, 1.807) is 23.1 Å². The third-order valence-corrected chi connectivity index (χ3v) is 3.74. The summed E-state index contributed by atoms with van der Waals surface area (Å²) in [4.78, 5) is 13.7. The Morgan fingerprint density at radius 1 is 1.35 bits per heavy atom. The molecule has 2 fully saturated rings. The number of piperidine rings is 1. The molecule has 2 heterocycles. The molecule has 2 aliphatic rings. The predicted octanol–water partition coefficient (Wildman–Crippen LogP) is 1.54. The van der Waals surface area contributed by atoms with Gasteiger partial charge < -0.3 is 10.2 Å². The van der Waals surface area contributed by atoms with E-state index in [4.69, 9.17) is 0 Å². The van der Waals surface area contributed by atoms with Gasteiger partial charge in [-0.2, -0.15) is 0 Å². The third kappa shape index (κ3) is 1.72. The van der Waals surface area contributed by atoms with Crippen LogP contribution in [0.5, 0.6) is 0 Å². The van der Waals surface area contributed by atoms with Gasteiger partial charge in [0.2, 0.25) is 5.91 Å². The Labute approximate surface area is 99.6 Å². The molecule has 2 unspecified atom stereocenters. The van der Waals surface area contributed by atoms with Crippen LogP contribution in [0.25, 0.3) is 0 Å². The van der Waals surface area contributed by atoms with Crippen LogP contribution < -0.4 is 10.2 Å². The lowest BCUT2D eigenvalue weighted by Gasteiger charge is -2.32. The summed E-state index contributed by atoms with van der Waals surface area (Å²) in [7, 11) is 0. The zero-order valence-electron chi connectivity index (χ0n) is 9.53. The Kier molecular flexibility index (Phi) is 2.59. The van der Waals surface area contributed by atoms with Crippen molar-refractivity contribution in [2.24, 2.45) is 5.92 Å². The van der Waals surface area contributed by atoms with Gasteiger partial charge in [-0.3, -0.25) is 4.79 Å². The van der Waals surface area contributed by atoms with Crippen LogP contribution in [0.2, 0.25) is 0 Å². The first kappa shape index (κ1) is 10.7. The van der Waals surface area contributed by atoms with Crippen LogP contribution in [0.15, 0.2) is 24.3 Å². The summed E-state index contributed by atoms with van der Waals surface area (Å²) in [6, 6.07) is 6.63. The summed E-state index contributed by atoms with van der Waals surface area (Å²) in [6.45, 7) is 1.73. The van der Waals surface area contributed by atoms with Gasteiger partial charge in [0.25, 0.3) is 0 Å². The first-order valence-electron chi connectivity index (χ1n) is 6.04. The molecule has 0 radical (unpaired) electrons. The van der Waals surface area contributed by atoms with Gasteiger partial charge in [-0.1, -0.05) is 12.1 Å². The molecule has 3 nitrogen and oxygen atoms in total. The zero-order valence-corrected chi connectivity index (χ0v) is 9.53. The minimum absolute atomic E-state index is 0.0498. The summed E-state index contributed by atoms with van der Waals surface area (Å²) in [5.41, 5.74) is 0.425. The summed E-state index contributed by atoms with van der Waals surface area (Å²) >= 11 is 0. The first-order valence-corrected chi connectivity index (χ1v) is 6.04. The van der Waals surface area contributed by atoms with E-state index < -0.39 is 0 Å². The number of para-hydroxylation sites is 1. The van der Waals surface area contributed by atoms with E-state index in [9.17, 15) is 9.18 Å². The molecule has 1 aromatic carbocycles. The topological polar surface area (TPSA) is 32.3 Å². The molecular formula is C13H15FN2O. The van der Waals surface area contributed by atoms with Crippen LogP contribution in [-0.4, -0.2) is 25.0 Å². The second-order valence-corrected chi connectivity index (χ2v) is 4.74. The molecule has 0 spiro atoms. The largest absolute Gasteiger partial charge is 0.315 e. The Hall–Kier alpha value is -1.42. The van der Waals surface area contributed by atoms with E-state index in [1.165, 1.54) is 6.07 Å². The summed E-state index contributed by atoms with van der Waals surface area (Å²) in [5.74, 6) is 0.115. The Balaban J connectivity index is 1.96. The van der Waals surface area contributed by atoms with Gasteiger partial charge in [0, 0.05) is 13.0 Å². The standard InChI is InChI=1S/C13H15FN2O/c14-10-3-1-2-4-11(10)16-12-8-15-6-5-9(12)7-13(16)17/h1-4,9,12,15H,5-8H2. The van der Waals surface area contributed by atoms with Crippen molar-refractivity contribution in [1.82, 2.24) is 5.32 Å². The van der Waals surface area contributed by atoms with E-state index in [0.717, 1.165) is 19.5 Å². The summed E-state index contributed by atoms with van der Waals surface area (Å²) in [6.07, 6.45) is 1.56. The number of amides is 1. The maximum absolute atomic E-state index is 13.8. The van der Waals surface area contributed by atoms with Crippen molar-refractivity contribution < 1.29 is 9.18 Å². The van der Waals surface area contributed by atoms with Crippen LogP contribution in [0.1, 0.15) is 12.8 Å². The van der Waals surface area contributed by atoms with Crippen LogP contribution in [-0.2, 0) is 4.79 Å². The van der Waals surface area contributed by atoms with E-state index in [0.29, 0.717) is 18.0 Å². The average molecular weight is 234 g/mol. The van der Waals surface area contributed by atoms with Crippen LogP contribution in [0.3, 0.4) is 0 Å². The first-order chi connectivity index (χ1) is 8.27. The highest BCUT2D eigenvalue weighted by Gasteiger charge is 2.42. The van der Waals surface area contributed by atoms with Crippen LogP contribution in [0.4, 0.5) is 10.1 Å². The van der Waals surface area contributed by atoms with E-state index in [1.807, 2.05) is 0 Å². The lowest BCUT2D eigenvalue weighted by Crippen LogP contribution is -2.47. The van der Waals surface area contributed by atoms with Gasteiger partial charge in [0.05, 0.1) is 11.7 Å². The number of carbonyl (C=O) groups is 1. The van der Waals surface area contributed by atoms with Gasteiger partial charge in [0.1, 0.15) is 5.82 Å². The number of halogens is 1. The lowest BCUT2D eigenvalue weighted by atomic mass is 9.93. The van der Waals surface area contributed by atoms with Crippen molar-refractivity contribution in [2.75, 3.05) is 18.0 Å². The van der Waals surface area contributed by atoms with Crippen LogP contribution >= 0.6 is 0 Å². The molecule has 3 rings (SSSR count). The molecule has 2 atom stereocenters. The highest BCUT2D eigenvalue weighted by molar-refractivity contribution is 5.96. The fourth-order valence-corrected chi connectivity index (χ4v) is 2.90. The van der Waals surface area contributed by atoms with Crippen molar-refractivity contribution in [3.63, 3.8) is 0 Å². The second-order valence-electron chi connectivity index (χ2n) is 4.74. The molecular weight excluding hydrogens is 219 g/mol. The van der Waals surface area contributed by atoms with Gasteiger partial charge in [0.15, 0.2) is 0 Å². The Morgan fingerprint density at radius 3 is 3.00 bits per heavy atom. The van der Waals surface area contributed by atoms with Crippen molar-refractivity contribution in [3.05, 3.63) is 30.1 Å². The average Bonchev–Trinajstić information content (AvgIpc) is 2.66. The number of hydrogen-bond acceptors (Lipinski definition) is 2. The molecule has 1 N–H and O–H groups in total. The molecule has 1 aromatic rings. The minimum Gasteiger partial charge on any atom is -0.315 e. The van der Waals surface area contributed by atoms with E-state index in [-0.39, 0.29) is 17.8 Å². The van der Waals surface area contributed by atoms with Crippen molar-refractivity contribution in [2.45, 2.75) is 18.9 Å². The van der Waals surface area contributed by atoms with Crippen molar-refractivity contribution in [1.29, 1.82) is 0 Å². The SMILES string of the molecule is O=C1CC2CCNCC2N1c1ccccc1F. The normalized spacial score (nSPS) is 28.3. The summed E-state index contributed by atoms with van der Waals surface area (Å²) < 4.78 is 13.8. The monoisotopic (exact) mass is 234 g/mol. The Bertz CT molecular complexity index is 449. The highest BCUT2D eigenvalue weighted by Crippen LogP contribution is 2.35. The molecule has 0 bridgehead atoms. The molecule has 1 amide bonds. The number of hydrogen-bond donors (Lipinski definition) is 1. The molecule has 90 valence electrons. The maximum Gasteiger partial charge on any atom is 0.227 e. The third-order valence-electron chi connectivity index (χ3n) is 3.74. The molecule has 0 aromatic heterocycles. The highest BCUT2D eigenvalue weighted by atomic mass is 19.1. The zero-order chi connectivity index (χ0) is 11.8. The van der Waals surface area contributed by atoms with Gasteiger partial charge in [-0.15, -0.1) is 0 Å². The number of carbonyl (C=O) groups excluding carboxylic acids is 1. The quantitative estimate of drug-likeness (QED) is 0.799. The van der Waals surface area contributed by atoms with Gasteiger partial charge in [-0.05, 0) is 31.0 Å². The van der Waals surface area contributed by atoms with E-state index >= 15 is 0 Å². The fourth-order valence-electron chi connectivity index (χ4n) is 2.90.